The standard InChI is InChI=1S/C24H31ClN2O3/c1-6-10-26-24(29)19(5)27(14-20-8-7-9-21(25)13-20)23(28)15-30-22-12-16(2)11-17(3)18(22)4/h7-9,11-13,19H,6,10,14-15H2,1-5H3,(H,26,29). The molecule has 0 aliphatic heterocycles. The highest BCUT2D eigenvalue weighted by Crippen LogP contribution is 2.23. The molecule has 2 aromatic rings. The van der Waals surface area contributed by atoms with Crippen molar-refractivity contribution in [3.8, 4) is 5.75 Å². The molecule has 1 unspecified atom stereocenters. The summed E-state index contributed by atoms with van der Waals surface area (Å²) < 4.78 is 5.86. The second kappa shape index (κ2) is 11.0. The number of nitrogens with zero attached hydrogens (tertiary/aromatic N) is 1. The van der Waals surface area contributed by atoms with Crippen molar-refractivity contribution in [3.05, 3.63) is 63.7 Å². The Kier molecular flexibility index (Phi) is 8.72. The number of nitrogens with one attached hydrogen (secondary N) is 1. The first-order valence-electron chi connectivity index (χ1n) is 10.2. The van der Waals surface area contributed by atoms with Crippen LogP contribution in [0.4, 0.5) is 0 Å². The summed E-state index contributed by atoms with van der Waals surface area (Å²) in [5.74, 6) is 0.245. The van der Waals surface area contributed by atoms with E-state index in [4.69, 9.17) is 16.3 Å². The molecule has 0 fully saturated rings. The quantitative estimate of drug-likeness (QED) is 0.633. The van der Waals surface area contributed by atoms with Crippen LogP contribution in [0.15, 0.2) is 36.4 Å². The molecule has 0 bridgehead atoms. The highest BCUT2D eigenvalue weighted by atomic mass is 35.5. The van der Waals surface area contributed by atoms with E-state index in [9.17, 15) is 9.59 Å². The molecule has 1 N–H and O–H groups in total. The number of aryl methyl sites for hydroxylation is 2. The average molecular weight is 431 g/mol. The van der Waals surface area contributed by atoms with Gasteiger partial charge in [-0.2, -0.15) is 0 Å². The summed E-state index contributed by atoms with van der Waals surface area (Å²) in [6.45, 7) is 10.4. The summed E-state index contributed by atoms with van der Waals surface area (Å²) in [5, 5.41) is 3.45. The summed E-state index contributed by atoms with van der Waals surface area (Å²) in [4.78, 5) is 27.2. The van der Waals surface area contributed by atoms with E-state index in [1.54, 1.807) is 19.1 Å². The lowest BCUT2D eigenvalue weighted by Gasteiger charge is -2.29. The molecule has 0 saturated heterocycles. The minimum atomic E-state index is -0.632. The highest BCUT2D eigenvalue weighted by molar-refractivity contribution is 6.30. The smallest absolute Gasteiger partial charge is 0.261 e. The van der Waals surface area contributed by atoms with Crippen LogP contribution in [-0.4, -0.2) is 35.9 Å². The SMILES string of the molecule is CCCNC(=O)C(C)N(Cc1cccc(Cl)c1)C(=O)COc1cc(C)cc(C)c1C. The number of hydrogen-bond acceptors (Lipinski definition) is 3. The van der Waals surface area contributed by atoms with E-state index in [0.29, 0.717) is 17.3 Å². The van der Waals surface area contributed by atoms with Crippen molar-refractivity contribution < 1.29 is 14.3 Å². The van der Waals surface area contributed by atoms with Crippen LogP contribution in [0.1, 0.15) is 42.5 Å². The molecule has 2 aromatic carbocycles. The summed E-state index contributed by atoms with van der Waals surface area (Å²) in [6, 6.07) is 10.7. The molecule has 0 saturated carbocycles. The molecule has 30 heavy (non-hydrogen) atoms. The Morgan fingerprint density at radius 2 is 1.90 bits per heavy atom. The van der Waals surface area contributed by atoms with Gasteiger partial charge in [0.05, 0.1) is 0 Å². The first kappa shape index (κ1) is 23.7. The predicted molar refractivity (Wildman–Crippen MR) is 121 cm³/mol. The Labute approximate surface area is 184 Å². The van der Waals surface area contributed by atoms with Crippen LogP contribution in [0.5, 0.6) is 5.75 Å². The van der Waals surface area contributed by atoms with Gasteiger partial charge >= 0.3 is 0 Å². The van der Waals surface area contributed by atoms with E-state index < -0.39 is 6.04 Å². The van der Waals surface area contributed by atoms with Gasteiger partial charge in [0, 0.05) is 18.1 Å². The lowest BCUT2D eigenvalue weighted by atomic mass is 10.1. The molecule has 0 aliphatic rings. The van der Waals surface area contributed by atoms with Crippen molar-refractivity contribution >= 4 is 23.4 Å². The van der Waals surface area contributed by atoms with Crippen LogP contribution >= 0.6 is 11.6 Å². The molecular weight excluding hydrogens is 400 g/mol. The van der Waals surface area contributed by atoms with Gasteiger partial charge in [0.1, 0.15) is 11.8 Å². The van der Waals surface area contributed by atoms with Crippen molar-refractivity contribution in [2.45, 2.75) is 53.6 Å². The fraction of sp³-hybridized carbons (Fsp3) is 0.417. The molecule has 2 amide bonds. The number of halogens is 1. The number of carbonyl (C=O) groups excluding carboxylic acids is 2. The zero-order chi connectivity index (χ0) is 22.3. The van der Waals surface area contributed by atoms with Crippen LogP contribution in [0.2, 0.25) is 5.02 Å². The lowest BCUT2D eigenvalue weighted by molar-refractivity contribution is -0.142. The van der Waals surface area contributed by atoms with Crippen molar-refractivity contribution in [2.24, 2.45) is 0 Å². The molecule has 0 radical (unpaired) electrons. The van der Waals surface area contributed by atoms with Crippen molar-refractivity contribution in [2.75, 3.05) is 13.2 Å². The number of benzene rings is 2. The molecule has 1 atom stereocenters. The Balaban J connectivity index is 2.19. The van der Waals surface area contributed by atoms with Gasteiger partial charge in [-0.1, -0.05) is 36.7 Å². The van der Waals surface area contributed by atoms with Gasteiger partial charge in [0.2, 0.25) is 5.91 Å². The second-order valence-electron chi connectivity index (χ2n) is 7.61. The molecule has 0 heterocycles. The minimum Gasteiger partial charge on any atom is -0.483 e. The highest BCUT2D eigenvalue weighted by Gasteiger charge is 2.26. The minimum absolute atomic E-state index is 0.143. The second-order valence-corrected chi connectivity index (χ2v) is 8.05. The lowest BCUT2D eigenvalue weighted by Crippen LogP contribution is -2.49. The summed E-state index contributed by atoms with van der Waals surface area (Å²) in [5.41, 5.74) is 4.04. The van der Waals surface area contributed by atoms with E-state index in [-0.39, 0.29) is 25.0 Å². The zero-order valence-corrected chi connectivity index (χ0v) is 19.2. The monoisotopic (exact) mass is 430 g/mol. The third kappa shape index (κ3) is 6.49. The normalized spacial score (nSPS) is 11.7. The molecule has 0 aliphatic carbocycles. The number of hydrogen-bond donors (Lipinski definition) is 1. The number of ether oxygens (including phenoxy) is 1. The van der Waals surface area contributed by atoms with Gasteiger partial charge in [-0.15, -0.1) is 0 Å². The van der Waals surface area contributed by atoms with Crippen LogP contribution in [0.25, 0.3) is 0 Å². The fourth-order valence-corrected chi connectivity index (χ4v) is 3.40. The Hall–Kier alpha value is -2.53. The number of rotatable bonds is 9. The van der Waals surface area contributed by atoms with Crippen LogP contribution in [0.3, 0.4) is 0 Å². The molecule has 6 heteroatoms. The maximum Gasteiger partial charge on any atom is 0.261 e. The van der Waals surface area contributed by atoms with Crippen LogP contribution in [0, 0.1) is 20.8 Å². The third-order valence-electron chi connectivity index (χ3n) is 5.07. The third-order valence-corrected chi connectivity index (χ3v) is 5.31. The Bertz CT molecular complexity index is 898. The van der Waals surface area contributed by atoms with Gasteiger partial charge < -0.3 is 15.0 Å². The molecule has 5 nitrogen and oxygen atoms in total. The summed E-state index contributed by atoms with van der Waals surface area (Å²) >= 11 is 6.10. The van der Waals surface area contributed by atoms with Gasteiger partial charge in [-0.3, -0.25) is 9.59 Å². The van der Waals surface area contributed by atoms with Gasteiger partial charge in [-0.25, -0.2) is 0 Å². The van der Waals surface area contributed by atoms with Crippen LogP contribution < -0.4 is 10.1 Å². The van der Waals surface area contributed by atoms with E-state index in [2.05, 4.69) is 11.4 Å². The van der Waals surface area contributed by atoms with E-state index in [0.717, 1.165) is 28.7 Å². The molecule has 162 valence electrons. The van der Waals surface area contributed by atoms with Gasteiger partial charge in [0.25, 0.3) is 5.91 Å². The predicted octanol–water partition coefficient (Wildman–Crippen LogP) is 4.59. The summed E-state index contributed by atoms with van der Waals surface area (Å²) in [6.07, 6.45) is 0.829. The summed E-state index contributed by atoms with van der Waals surface area (Å²) in [7, 11) is 0. The van der Waals surface area contributed by atoms with Crippen molar-refractivity contribution in [1.82, 2.24) is 10.2 Å². The number of carbonyl (C=O) groups is 2. The van der Waals surface area contributed by atoms with Crippen molar-refractivity contribution in [3.63, 3.8) is 0 Å². The maximum atomic E-state index is 13.1. The fourth-order valence-electron chi connectivity index (χ4n) is 3.18. The van der Waals surface area contributed by atoms with Gasteiger partial charge in [0.15, 0.2) is 6.61 Å². The van der Waals surface area contributed by atoms with E-state index in [1.807, 2.05) is 45.9 Å². The zero-order valence-electron chi connectivity index (χ0n) is 18.4. The molecule has 0 spiro atoms. The van der Waals surface area contributed by atoms with Crippen LogP contribution in [-0.2, 0) is 16.1 Å². The largest absolute Gasteiger partial charge is 0.483 e. The molecular formula is C24H31ClN2O3. The topological polar surface area (TPSA) is 58.6 Å². The Morgan fingerprint density at radius 3 is 2.57 bits per heavy atom. The number of amides is 2. The van der Waals surface area contributed by atoms with Crippen molar-refractivity contribution in [1.29, 1.82) is 0 Å². The first-order valence-corrected chi connectivity index (χ1v) is 10.6. The maximum absolute atomic E-state index is 13.1. The van der Waals surface area contributed by atoms with E-state index >= 15 is 0 Å². The average Bonchev–Trinajstić information content (AvgIpc) is 2.71. The molecule has 0 aromatic heterocycles. The Morgan fingerprint density at radius 1 is 1.17 bits per heavy atom. The van der Waals surface area contributed by atoms with E-state index in [1.165, 1.54) is 4.90 Å². The first-order chi connectivity index (χ1) is 14.2. The molecule has 2 rings (SSSR count). The van der Waals surface area contributed by atoms with Gasteiger partial charge in [-0.05, 0) is 74.6 Å².